The van der Waals surface area contributed by atoms with E-state index in [1.807, 2.05) is 24.4 Å². The number of hydrogen-bond acceptors (Lipinski definition) is 9. The van der Waals surface area contributed by atoms with Crippen molar-refractivity contribution in [2.75, 3.05) is 37.5 Å². The highest BCUT2D eigenvalue weighted by atomic mass is 32.2. The van der Waals surface area contributed by atoms with Crippen molar-refractivity contribution in [2.45, 2.75) is 11.8 Å². The summed E-state index contributed by atoms with van der Waals surface area (Å²) in [6.07, 6.45) is 4.72. The van der Waals surface area contributed by atoms with E-state index < -0.39 is 14.7 Å². The van der Waals surface area contributed by atoms with E-state index >= 15 is 0 Å². The SMILES string of the molecule is CC(N)(c1cc2c(N3CCOCC3)nc(-c3cnc4[nH]ccc4c3)nc2s1)S(C)(=O)=O. The van der Waals surface area contributed by atoms with Gasteiger partial charge in [0.05, 0.1) is 18.6 Å². The van der Waals surface area contributed by atoms with Crippen LogP contribution in [0.4, 0.5) is 5.82 Å². The Bertz CT molecular complexity index is 1390. The number of fused-ring (bicyclic) bond motifs is 2. The van der Waals surface area contributed by atoms with Gasteiger partial charge in [0.1, 0.15) is 16.3 Å². The standard InChI is InChI=1S/C20H22N6O3S2/c1-20(21,31(2,27)28)15-10-14-18(26-5-7-29-8-6-26)24-17(25-19(14)30-15)13-9-12-3-4-22-16(12)23-11-13/h3-4,9-11H,5-8,21H2,1-2H3,(H,22,23). The molecular weight excluding hydrogens is 436 g/mol. The second-order valence-corrected chi connectivity index (χ2v) is 11.2. The number of nitrogens with zero attached hydrogens (tertiary/aromatic N) is 4. The molecular formula is C20H22N6O3S2. The minimum Gasteiger partial charge on any atom is -0.378 e. The molecule has 0 aromatic carbocycles. The number of aromatic amines is 1. The van der Waals surface area contributed by atoms with Crippen molar-refractivity contribution in [3.05, 3.63) is 35.5 Å². The Morgan fingerprint density at radius 2 is 2.03 bits per heavy atom. The Hall–Kier alpha value is -2.60. The van der Waals surface area contributed by atoms with E-state index in [9.17, 15) is 8.42 Å². The molecule has 4 aromatic rings. The predicted octanol–water partition coefficient (Wildman–Crippen LogP) is 2.25. The Morgan fingerprint density at radius 1 is 1.26 bits per heavy atom. The Morgan fingerprint density at radius 3 is 2.77 bits per heavy atom. The molecule has 1 aliphatic rings. The van der Waals surface area contributed by atoms with Crippen molar-refractivity contribution in [3.63, 3.8) is 0 Å². The topological polar surface area (TPSA) is 127 Å². The fourth-order valence-electron chi connectivity index (χ4n) is 3.54. The maximum atomic E-state index is 12.3. The van der Waals surface area contributed by atoms with E-state index in [1.165, 1.54) is 18.3 Å². The van der Waals surface area contributed by atoms with Crippen LogP contribution in [0.1, 0.15) is 11.8 Å². The second kappa shape index (κ2) is 7.23. The van der Waals surface area contributed by atoms with Crippen LogP contribution in [0.25, 0.3) is 32.6 Å². The zero-order chi connectivity index (χ0) is 21.8. The van der Waals surface area contributed by atoms with E-state index in [4.69, 9.17) is 20.4 Å². The minimum atomic E-state index is -3.53. The number of H-pyrrole nitrogens is 1. The van der Waals surface area contributed by atoms with E-state index in [-0.39, 0.29) is 0 Å². The van der Waals surface area contributed by atoms with Crippen molar-refractivity contribution in [1.29, 1.82) is 0 Å². The highest BCUT2D eigenvalue weighted by Gasteiger charge is 2.36. The lowest BCUT2D eigenvalue weighted by Crippen LogP contribution is -2.40. The van der Waals surface area contributed by atoms with Gasteiger partial charge < -0.3 is 20.4 Å². The maximum Gasteiger partial charge on any atom is 0.170 e. The number of anilines is 1. The lowest BCUT2D eigenvalue weighted by molar-refractivity contribution is 0.122. The van der Waals surface area contributed by atoms with Crippen LogP contribution in [0.5, 0.6) is 0 Å². The molecule has 3 N–H and O–H groups in total. The molecule has 1 aliphatic heterocycles. The number of pyridine rings is 1. The van der Waals surface area contributed by atoms with Crippen molar-refractivity contribution >= 4 is 48.2 Å². The summed E-state index contributed by atoms with van der Waals surface area (Å²) >= 11 is 1.28. The van der Waals surface area contributed by atoms with E-state index in [0.717, 1.165) is 34.1 Å². The zero-order valence-corrected chi connectivity index (χ0v) is 18.8. The first-order chi connectivity index (χ1) is 14.7. The van der Waals surface area contributed by atoms with Crippen molar-refractivity contribution in [2.24, 2.45) is 5.73 Å². The molecule has 31 heavy (non-hydrogen) atoms. The van der Waals surface area contributed by atoms with Crippen LogP contribution < -0.4 is 10.6 Å². The van der Waals surface area contributed by atoms with Crippen molar-refractivity contribution in [3.8, 4) is 11.4 Å². The average molecular weight is 459 g/mol. The predicted molar refractivity (Wildman–Crippen MR) is 122 cm³/mol. The lowest BCUT2D eigenvalue weighted by Gasteiger charge is -2.28. The van der Waals surface area contributed by atoms with Gasteiger partial charge in [-0.2, -0.15) is 0 Å². The third kappa shape index (κ3) is 3.47. The molecule has 0 radical (unpaired) electrons. The largest absolute Gasteiger partial charge is 0.378 e. The molecule has 0 bridgehead atoms. The fraction of sp³-hybridized carbons (Fsp3) is 0.350. The first-order valence-corrected chi connectivity index (χ1v) is 12.5. The third-order valence-electron chi connectivity index (χ3n) is 5.60. The van der Waals surface area contributed by atoms with Gasteiger partial charge in [-0.3, -0.25) is 0 Å². The van der Waals surface area contributed by atoms with Gasteiger partial charge in [0.2, 0.25) is 0 Å². The second-order valence-electron chi connectivity index (χ2n) is 7.82. The summed E-state index contributed by atoms with van der Waals surface area (Å²) in [7, 11) is -3.53. The van der Waals surface area contributed by atoms with E-state index in [2.05, 4.69) is 14.9 Å². The molecule has 9 nitrogen and oxygen atoms in total. The number of nitrogens with two attached hydrogens (primary N) is 1. The van der Waals surface area contributed by atoms with Gasteiger partial charge in [-0.05, 0) is 25.1 Å². The summed E-state index contributed by atoms with van der Waals surface area (Å²) in [4.78, 5) is 19.0. The normalized spacial score (nSPS) is 17.3. The van der Waals surface area contributed by atoms with Crippen LogP contribution in [-0.2, 0) is 19.4 Å². The van der Waals surface area contributed by atoms with Crippen molar-refractivity contribution in [1.82, 2.24) is 19.9 Å². The Labute approximate surface area is 183 Å². The number of ether oxygens (including phenoxy) is 1. The summed E-state index contributed by atoms with van der Waals surface area (Å²) in [5.74, 6) is 1.29. The van der Waals surface area contributed by atoms with E-state index in [1.54, 1.807) is 6.20 Å². The molecule has 5 rings (SSSR count). The van der Waals surface area contributed by atoms with Gasteiger partial charge >= 0.3 is 0 Å². The molecule has 0 saturated carbocycles. The van der Waals surface area contributed by atoms with Gasteiger partial charge in [0, 0.05) is 47.6 Å². The fourth-order valence-corrected chi connectivity index (χ4v) is 5.52. The number of hydrogen-bond donors (Lipinski definition) is 2. The lowest BCUT2D eigenvalue weighted by atomic mass is 10.2. The number of aromatic nitrogens is 4. The highest BCUT2D eigenvalue weighted by Crippen LogP contribution is 2.38. The molecule has 0 amide bonds. The summed E-state index contributed by atoms with van der Waals surface area (Å²) in [6, 6.07) is 5.74. The quantitative estimate of drug-likeness (QED) is 0.477. The molecule has 1 saturated heterocycles. The molecule has 1 unspecified atom stereocenters. The number of thiophene rings is 1. The molecule has 4 aromatic heterocycles. The number of morpholine rings is 1. The average Bonchev–Trinajstić information content (AvgIpc) is 3.39. The van der Waals surface area contributed by atoms with Crippen LogP contribution in [0.3, 0.4) is 0 Å². The van der Waals surface area contributed by atoms with Gasteiger partial charge in [-0.1, -0.05) is 0 Å². The zero-order valence-electron chi connectivity index (χ0n) is 17.1. The van der Waals surface area contributed by atoms with Crippen LogP contribution in [0.2, 0.25) is 0 Å². The first kappa shape index (κ1) is 20.3. The Balaban J connectivity index is 1.72. The molecule has 11 heteroatoms. The van der Waals surface area contributed by atoms with Crippen LogP contribution in [0, 0.1) is 0 Å². The van der Waals surface area contributed by atoms with Gasteiger partial charge in [0.15, 0.2) is 20.5 Å². The molecule has 0 aliphatic carbocycles. The molecule has 1 atom stereocenters. The monoisotopic (exact) mass is 458 g/mol. The first-order valence-electron chi connectivity index (χ1n) is 9.81. The molecule has 162 valence electrons. The van der Waals surface area contributed by atoms with Gasteiger partial charge in [-0.15, -0.1) is 11.3 Å². The van der Waals surface area contributed by atoms with Crippen LogP contribution in [0.15, 0.2) is 30.6 Å². The van der Waals surface area contributed by atoms with E-state index in [0.29, 0.717) is 41.8 Å². The summed E-state index contributed by atoms with van der Waals surface area (Å²) < 4.78 is 30.1. The van der Waals surface area contributed by atoms with Crippen LogP contribution in [-0.4, -0.2) is 60.9 Å². The van der Waals surface area contributed by atoms with Gasteiger partial charge in [0.25, 0.3) is 0 Å². The number of nitrogens with one attached hydrogen (secondary N) is 1. The smallest absolute Gasteiger partial charge is 0.170 e. The molecule has 0 spiro atoms. The summed E-state index contributed by atoms with van der Waals surface area (Å²) in [5.41, 5.74) is 7.82. The highest BCUT2D eigenvalue weighted by molar-refractivity contribution is 7.91. The molecule has 5 heterocycles. The van der Waals surface area contributed by atoms with Gasteiger partial charge in [-0.25, -0.2) is 23.4 Å². The number of rotatable bonds is 4. The molecule has 1 fully saturated rings. The maximum absolute atomic E-state index is 12.3. The van der Waals surface area contributed by atoms with Crippen molar-refractivity contribution < 1.29 is 13.2 Å². The Kier molecular flexibility index (Phi) is 4.74. The van der Waals surface area contributed by atoms with Crippen LogP contribution >= 0.6 is 11.3 Å². The minimum absolute atomic E-state index is 0.533. The summed E-state index contributed by atoms with van der Waals surface area (Å²) in [5, 5.41) is 1.76. The summed E-state index contributed by atoms with van der Waals surface area (Å²) in [6.45, 7) is 4.11. The third-order valence-corrected chi connectivity index (χ3v) is 8.76. The number of sulfone groups is 1.